The summed E-state index contributed by atoms with van der Waals surface area (Å²) < 4.78 is 11.7. The smallest absolute Gasteiger partial charge is 0.407 e. The van der Waals surface area contributed by atoms with Crippen LogP contribution in [0.15, 0.2) is 97.1 Å². The SMILES string of the molecule is Cc1ccc(C(OC(=O)[C@H](CCC(N)=O)NC(=O)OCC2c3ccccc3-c3ccccc32)c2ccc(C)cc2)cc1. The van der Waals surface area contributed by atoms with E-state index >= 15 is 0 Å². The average molecular weight is 563 g/mol. The summed E-state index contributed by atoms with van der Waals surface area (Å²) >= 11 is 0. The van der Waals surface area contributed by atoms with Crippen LogP contribution < -0.4 is 11.1 Å². The maximum Gasteiger partial charge on any atom is 0.407 e. The molecule has 4 aromatic rings. The van der Waals surface area contributed by atoms with Crippen molar-refractivity contribution in [3.63, 3.8) is 0 Å². The number of nitrogens with two attached hydrogens (primary N) is 1. The molecule has 0 radical (unpaired) electrons. The van der Waals surface area contributed by atoms with Crippen LogP contribution in [-0.4, -0.2) is 30.6 Å². The normalized spacial score (nSPS) is 12.7. The summed E-state index contributed by atoms with van der Waals surface area (Å²) in [6.45, 7) is 4.05. The Morgan fingerprint density at radius 2 is 1.26 bits per heavy atom. The maximum absolute atomic E-state index is 13.5. The van der Waals surface area contributed by atoms with E-state index in [0.29, 0.717) is 0 Å². The second-order valence-corrected chi connectivity index (χ2v) is 10.7. The predicted molar refractivity (Wildman–Crippen MR) is 161 cm³/mol. The highest BCUT2D eigenvalue weighted by molar-refractivity contribution is 5.83. The van der Waals surface area contributed by atoms with Crippen LogP contribution in [0.2, 0.25) is 0 Å². The van der Waals surface area contributed by atoms with Crippen LogP contribution in [0, 0.1) is 13.8 Å². The van der Waals surface area contributed by atoms with Gasteiger partial charge in [-0.2, -0.15) is 0 Å². The summed E-state index contributed by atoms with van der Waals surface area (Å²) in [7, 11) is 0. The zero-order valence-electron chi connectivity index (χ0n) is 23.7. The summed E-state index contributed by atoms with van der Waals surface area (Å²) in [6, 6.07) is 30.4. The first-order valence-corrected chi connectivity index (χ1v) is 14.0. The lowest BCUT2D eigenvalue weighted by Crippen LogP contribution is -2.43. The molecule has 4 aromatic carbocycles. The molecular weight excluding hydrogens is 528 g/mol. The number of esters is 1. The van der Waals surface area contributed by atoms with Crippen LogP contribution in [0.4, 0.5) is 4.79 Å². The van der Waals surface area contributed by atoms with E-state index in [2.05, 4.69) is 17.4 Å². The van der Waals surface area contributed by atoms with Crippen molar-refractivity contribution in [2.24, 2.45) is 5.73 Å². The number of hydrogen-bond donors (Lipinski definition) is 2. The molecule has 0 saturated heterocycles. The molecule has 5 rings (SSSR count). The van der Waals surface area contributed by atoms with E-state index in [9.17, 15) is 14.4 Å². The minimum atomic E-state index is -1.13. The van der Waals surface area contributed by atoms with Crippen molar-refractivity contribution in [2.75, 3.05) is 6.61 Å². The zero-order valence-corrected chi connectivity index (χ0v) is 23.7. The second kappa shape index (κ2) is 12.7. The molecule has 0 saturated carbocycles. The van der Waals surface area contributed by atoms with Crippen LogP contribution in [0.1, 0.15) is 58.2 Å². The number of primary amides is 1. The Hall–Kier alpha value is -4.91. The molecule has 1 aliphatic carbocycles. The van der Waals surface area contributed by atoms with Crippen LogP contribution in [0.3, 0.4) is 0 Å². The van der Waals surface area contributed by atoms with Crippen molar-refractivity contribution < 1.29 is 23.9 Å². The highest BCUT2D eigenvalue weighted by Gasteiger charge is 2.31. The van der Waals surface area contributed by atoms with Gasteiger partial charge in [0.15, 0.2) is 6.10 Å². The molecule has 0 heterocycles. The van der Waals surface area contributed by atoms with Gasteiger partial charge in [0.1, 0.15) is 12.6 Å². The van der Waals surface area contributed by atoms with Gasteiger partial charge in [0.2, 0.25) is 5.91 Å². The number of benzene rings is 4. The summed E-state index contributed by atoms with van der Waals surface area (Å²) in [5, 5.41) is 2.63. The fraction of sp³-hybridized carbons (Fsp3) is 0.229. The number of amides is 2. The van der Waals surface area contributed by atoms with Gasteiger partial charge < -0.3 is 20.5 Å². The highest BCUT2D eigenvalue weighted by atomic mass is 16.6. The van der Waals surface area contributed by atoms with Crippen LogP contribution in [0.5, 0.6) is 0 Å². The van der Waals surface area contributed by atoms with E-state index in [1.54, 1.807) is 0 Å². The van der Waals surface area contributed by atoms with Gasteiger partial charge in [-0.15, -0.1) is 0 Å². The Labute approximate surface area is 245 Å². The second-order valence-electron chi connectivity index (χ2n) is 10.7. The summed E-state index contributed by atoms with van der Waals surface area (Å²) in [5.74, 6) is -1.40. The molecule has 0 bridgehead atoms. The molecule has 7 nitrogen and oxygen atoms in total. The third kappa shape index (κ3) is 6.52. The van der Waals surface area contributed by atoms with E-state index in [4.69, 9.17) is 15.2 Å². The number of aryl methyl sites for hydroxylation is 2. The molecule has 0 aliphatic heterocycles. The number of nitrogens with one attached hydrogen (secondary N) is 1. The molecule has 42 heavy (non-hydrogen) atoms. The molecule has 1 aliphatic rings. The molecule has 3 N–H and O–H groups in total. The third-order valence-electron chi connectivity index (χ3n) is 7.59. The topological polar surface area (TPSA) is 108 Å². The van der Waals surface area contributed by atoms with Crippen LogP contribution in [-0.2, 0) is 19.1 Å². The predicted octanol–water partition coefficient (Wildman–Crippen LogP) is 6.11. The lowest BCUT2D eigenvalue weighted by atomic mass is 9.98. The minimum absolute atomic E-state index is 0.0210. The standard InChI is InChI=1S/C35H34N2O5/c1-22-11-15-24(16-12-22)33(25-17-13-23(2)14-18-25)42-34(39)31(19-20-32(36)38)37-35(40)41-21-30-28-9-5-3-7-26(28)27-8-4-6-10-29(27)30/h3-18,30-31,33H,19-21H2,1-2H3,(H2,36,38)(H,37,40)/t31-/m0/s1. The number of ether oxygens (including phenoxy) is 2. The first-order valence-electron chi connectivity index (χ1n) is 14.0. The van der Waals surface area contributed by atoms with E-state index < -0.39 is 30.1 Å². The molecule has 0 unspecified atom stereocenters. The van der Waals surface area contributed by atoms with Gasteiger partial charge in [0.05, 0.1) is 0 Å². The number of carbonyl (C=O) groups is 3. The first kappa shape index (κ1) is 28.6. The van der Waals surface area contributed by atoms with Crippen LogP contribution in [0.25, 0.3) is 11.1 Å². The summed E-state index contributed by atoms with van der Waals surface area (Å²) in [5.41, 5.74) is 13.5. The molecule has 0 spiro atoms. The Balaban J connectivity index is 1.31. The van der Waals surface area contributed by atoms with E-state index in [1.807, 2.05) is 98.8 Å². The van der Waals surface area contributed by atoms with Crippen molar-refractivity contribution >= 4 is 18.0 Å². The fourth-order valence-electron chi connectivity index (χ4n) is 5.33. The number of carbonyl (C=O) groups excluding carboxylic acids is 3. The van der Waals surface area contributed by atoms with E-state index in [-0.39, 0.29) is 25.4 Å². The Bertz CT molecular complexity index is 1490. The lowest BCUT2D eigenvalue weighted by Gasteiger charge is -2.24. The monoisotopic (exact) mass is 562 g/mol. The van der Waals surface area contributed by atoms with Crippen molar-refractivity contribution in [3.05, 3.63) is 130 Å². The average Bonchev–Trinajstić information content (AvgIpc) is 3.31. The van der Waals surface area contributed by atoms with Gasteiger partial charge in [-0.1, -0.05) is 108 Å². The third-order valence-corrected chi connectivity index (χ3v) is 7.59. The van der Waals surface area contributed by atoms with Crippen LogP contribution >= 0.6 is 0 Å². The quantitative estimate of drug-likeness (QED) is 0.227. The zero-order chi connectivity index (χ0) is 29.6. The van der Waals surface area contributed by atoms with Gasteiger partial charge in [0.25, 0.3) is 0 Å². The molecule has 2 amide bonds. The Morgan fingerprint density at radius 3 is 1.76 bits per heavy atom. The number of hydrogen-bond acceptors (Lipinski definition) is 5. The van der Waals surface area contributed by atoms with Crippen molar-refractivity contribution in [1.82, 2.24) is 5.32 Å². The number of rotatable bonds is 10. The van der Waals surface area contributed by atoms with Crippen molar-refractivity contribution in [3.8, 4) is 11.1 Å². The van der Waals surface area contributed by atoms with Gasteiger partial charge in [-0.25, -0.2) is 9.59 Å². The molecule has 214 valence electrons. The Morgan fingerprint density at radius 1 is 0.762 bits per heavy atom. The summed E-state index contributed by atoms with van der Waals surface area (Å²) in [6.07, 6.45) is -1.61. The Kier molecular flexibility index (Phi) is 8.67. The number of alkyl carbamates (subject to hydrolysis) is 1. The van der Waals surface area contributed by atoms with Crippen molar-refractivity contribution in [2.45, 2.75) is 44.8 Å². The maximum atomic E-state index is 13.5. The molecule has 7 heteroatoms. The summed E-state index contributed by atoms with van der Waals surface area (Å²) in [4.78, 5) is 38.2. The van der Waals surface area contributed by atoms with Gasteiger partial charge >= 0.3 is 12.1 Å². The fourth-order valence-corrected chi connectivity index (χ4v) is 5.33. The molecular formula is C35H34N2O5. The van der Waals surface area contributed by atoms with Crippen molar-refractivity contribution in [1.29, 1.82) is 0 Å². The van der Waals surface area contributed by atoms with E-state index in [0.717, 1.165) is 44.5 Å². The van der Waals surface area contributed by atoms with Gasteiger partial charge in [-0.05, 0) is 53.6 Å². The molecule has 0 fully saturated rings. The molecule has 0 aromatic heterocycles. The lowest BCUT2D eigenvalue weighted by molar-refractivity contribution is -0.150. The van der Waals surface area contributed by atoms with Gasteiger partial charge in [0, 0.05) is 12.3 Å². The number of fused-ring (bicyclic) bond motifs is 3. The highest BCUT2D eigenvalue weighted by Crippen LogP contribution is 2.44. The molecule has 1 atom stereocenters. The minimum Gasteiger partial charge on any atom is -0.451 e. The largest absolute Gasteiger partial charge is 0.451 e. The van der Waals surface area contributed by atoms with E-state index in [1.165, 1.54) is 0 Å². The van der Waals surface area contributed by atoms with Gasteiger partial charge in [-0.3, -0.25) is 4.79 Å². The first-order chi connectivity index (χ1) is 20.3.